The number of nitrogens with one attached hydrogen (secondary N) is 1. The van der Waals surface area contributed by atoms with Crippen LogP contribution < -0.4 is 5.32 Å². The van der Waals surface area contributed by atoms with Gasteiger partial charge in [0, 0.05) is 21.7 Å². The normalized spacial score (nSPS) is 20.5. The highest BCUT2D eigenvalue weighted by atomic mass is 35.5. The fraction of sp³-hybridized carbons (Fsp3) is 0.188. The van der Waals surface area contributed by atoms with Gasteiger partial charge in [-0.15, -0.1) is 0 Å². The molecule has 0 radical (unpaired) electrons. The molecule has 0 aliphatic heterocycles. The summed E-state index contributed by atoms with van der Waals surface area (Å²) < 4.78 is 0. The van der Waals surface area contributed by atoms with E-state index in [2.05, 4.69) is 17.4 Å². The van der Waals surface area contributed by atoms with Gasteiger partial charge in [-0.3, -0.25) is 4.79 Å². The predicted molar refractivity (Wildman–Crippen MR) is 82.4 cm³/mol. The third-order valence-electron chi connectivity index (χ3n) is 3.49. The summed E-state index contributed by atoms with van der Waals surface area (Å²) in [6.07, 6.45) is 0.893. The summed E-state index contributed by atoms with van der Waals surface area (Å²) in [6, 6.07) is 15.1. The number of halogens is 2. The van der Waals surface area contributed by atoms with Gasteiger partial charge in [-0.1, -0.05) is 53.5 Å². The topological polar surface area (TPSA) is 29.1 Å². The molecule has 1 fully saturated rings. The molecule has 1 amide bonds. The monoisotopic (exact) mass is 305 g/mol. The summed E-state index contributed by atoms with van der Waals surface area (Å²) in [4.78, 5) is 12.2. The van der Waals surface area contributed by atoms with Crippen molar-refractivity contribution < 1.29 is 4.79 Å². The highest BCUT2D eigenvalue weighted by molar-refractivity contribution is 6.35. The molecule has 2 atom stereocenters. The van der Waals surface area contributed by atoms with E-state index in [1.54, 1.807) is 18.2 Å². The number of hydrogen-bond donors (Lipinski definition) is 1. The van der Waals surface area contributed by atoms with Gasteiger partial charge in [-0.25, -0.2) is 0 Å². The third-order valence-corrected chi connectivity index (χ3v) is 3.92. The summed E-state index contributed by atoms with van der Waals surface area (Å²) in [6.45, 7) is 0. The molecule has 0 spiro atoms. The van der Waals surface area contributed by atoms with E-state index in [-0.39, 0.29) is 11.8 Å². The maximum Gasteiger partial charge on any atom is 0.228 e. The Morgan fingerprint density at radius 3 is 2.35 bits per heavy atom. The summed E-state index contributed by atoms with van der Waals surface area (Å²) in [5.74, 6) is 0.387. The molecule has 0 saturated heterocycles. The minimum absolute atomic E-state index is 0.0252. The van der Waals surface area contributed by atoms with Gasteiger partial charge in [0.2, 0.25) is 5.91 Å². The molecule has 2 aromatic carbocycles. The molecule has 4 heteroatoms. The van der Waals surface area contributed by atoms with E-state index >= 15 is 0 Å². The number of rotatable bonds is 3. The van der Waals surface area contributed by atoms with Crippen molar-refractivity contribution in [2.75, 3.05) is 5.32 Å². The van der Waals surface area contributed by atoms with Gasteiger partial charge < -0.3 is 5.32 Å². The van der Waals surface area contributed by atoms with E-state index in [0.29, 0.717) is 21.7 Å². The average Bonchev–Trinajstić information content (AvgIpc) is 3.18. The van der Waals surface area contributed by atoms with E-state index in [1.165, 1.54) is 5.56 Å². The number of carbonyl (C=O) groups excluding carboxylic acids is 1. The van der Waals surface area contributed by atoms with Crippen LogP contribution in [0.3, 0.4) is 0 Å². The van der Waals surface area contributed by atoms with Crippen LogP contribution in [0.15, 0.2) is 48.5 Å². The lowest BCUT2D eigenvalue weighted by molar-refractivity contribution is -0.117. The zero-order valence-corrected chi connectivity index (χ0v) is 12.2. The van der Waals surface area contributed by atoms with Gasteiger partial charge in [0.1, 0.15) is 0 Å². The van der Waals surface area contributed by atoms with Gasteiger partial charge >= 0.3 is 0 Å². The molecule has 1 saturated carbocycles. The van der Waals surface area contributed by atoms with Crippen molar-refractivity contribution in [1.29, 1.82) is 0 Å². The fourth-order valence-electron chi connectivity index (χ4n) is 2.41. The number of amides is 1. The molecule has 1 aliphatic carbocycles. The van der Waals surface area contributed by atoms with Crippen molar-refractivity contribution in [1.82, 2.24) is 0 Å². The Bertz CT molecular complexity index is 622. The SMILES string of the molecule is O=C(Nc1cc(Cl)cc(Cl)c1)C1CC1c1ccccc1. The molecule has 102 valence electrons. The van der Waals surface area contributed by atoms with Crippen LogP contribution in [-0.2, 0) is 4.79 Å². The molecule has 3 rings (SSSR count). The van der Waals surface area contributed by atoms with Crippen LogP contribution in [0.1, 0.15) is 17.9 Å². The maximum absolute atomic E-state index is 12.2. The first kappa shape index (κ1) is 13.5. The van der Waals surface area contributed by atoms with Gasteiger partial charge in [-0.05, 0) is 36.1 Å². The van der Waals surface area contributed by atoms with E-state index < -0.39 is 0 Å². The standard InChI is InChI=1S/C16H13Cl2NO/c17-11-6-12(18)8-13(7-11)19-16(20)15-9-14(15)10-4-2-1-3-5-10/h1-8,14-15H,9H2,(H,19,20). The summed E-state index contributed by atoms with van der Waals surface area (Å²) >= 11 is 11.8. The first-order valence-electron chi connectivity index (χ1n) is 6.45. The largest absolute Gasteiger partial charge is 0.326 e. The zero-order valence-electron chi connectivity index (χ0n) is 10.6. The Morgan fingerprint density at radius 2 is 1.70 bits per heavy atom. The minimum Gasteiger partial charge on any atom is -0.326 e. The number of carbonyl (C=O) groups is 1. The van der Waals surface area contributed by atoms with Gasteiger partial charge in [0.25, 0.3) is 0 Å². The Hall–Kier alpha value is -1.51. The van der Waals surface area contributed by atoms with Crippen molar-refractivity contribution in [3.63, 3.8) is 0 Å². The molecule has 0 heterocycles. The Morgan fingerprint density at radius 1 is 1.05 bits per heavy atom. The molecular weight excluding hydrogens is 293 g/mol. The summed E-state index contributed by atoms with van der Waals surface area (Å²) in [5.41, 5.74) is 1.86. The molecule has 1 aliphatic rings. The van der Waals surface area contributed by atoms with Crippen molar-refractivity contribution in [2.24, 2.45) is 5.92 Å². The number of benzene rings is 2. The maximum atomic E-state index is 12.2. The van der Waals surface area contributed by atoms with Crippen molar-refractivity contribution in [2.45, 2.75) is 12.3 Å². The molecule has 0 bridgehead atoms. The molecule has 2 aromatic rings. The van der Waals surface area contributed by atoms with Crippen LogP contribution >= 0.6 is 23.2 Å². The zero-order chi connectivity index (χ0) is 14.1. The van der Waals surface area contributed by atoms with Crippen LogP contribution in [0.5, 0.6) is 0 Å². The Labute approximate surface area is 127 Å². The second kappa shape index (κ2) is 5.47. The van der Waals surface area contributed by atoms with Crippen LogP contribution in [0.2, 0.25) is 10.0 Å². The number of anilines is 1. The molecule has 2 nitrogen and oxygen atoms in total. The van der Waals surface area contributed by atoms with Crippen LogP contribution in [0.4, 0.5) is 5.69 Å². The van der Waals surface area contributed by atoms with Crippen LogP contribution in [0, 0.1) is 5.92 Å². The minimum atomic E-state index is 0.0252. The summed E-state index contributed by atoms with van der Waals surface area (Å²) in [5, 5.41) is 3.91. The third kappa shape index (κ3) is 2.97. The highest BCUT2D eigenvalue weighted by Gasteiger charge is 2.43. The lowest BCUT2D eigenvalue weighted by atomic mass is 10.1. The van der Waals surface area contributed by atoms with Gasteiger partial charge in [-0.2, -0.15) is 0 Å². The van der Waals surface area contributed by atoms with E-state index in [0.717, 1.165) is 6.42 Å². The first-order chi connectivity index (χ1) is 9.63. The molecule has 0 aromatic heterocycles. The van der Waals surface area contributed by atoms with Crippen molar-refractivity contribution >= 4 is 34.8 Å². The molecule has 1 N–H and O–H groups in total. The Kier molecular flexibility index (Phi) is 3.68. The van der Waals surface area contributed by atoms with E-state index in [9.17, 15) is 4.79 Å². The summed E-state index contributed by atoms with van der Waals surface area (Å²) in [7, 11) is 0. The first-order valence-corrected chi connectivity index (χ1v) is 7.21. The average molecular weight is 306 g/mol. The fourth-order valence-corrected chi connectivity index (χ4v) is 2.94. The van der Waals surface area contributed by atoms with E-state index in [1.807, 2.05) is 18.2 Å². The van der Waals surface area contributed by atoms with Crippen molar-refractivity contribution in [3.05, 3.63) is 64.1 Å². The van der Waals surface area contributed by atoms with E-state index in [4.69, 9.17) is 23.2 Å². The number of hydrogen-bond acceptors (Lipinski definition) is 1. The predicted octanol–water partition coefficient (Wildman–Crippen LogP) is 4.74. The Balaban J connectivity index is 1.67. The lowest BCUT2D eigenvalue weighted by Gasteiger charge is -2.06. The van der Waals surface area contributed by atoms with Crippen molar-refractivity contribution in [3.8, 4) is 0 Å². The van der Waals surface area contributed by atoms with Gasteiger partial charge in [0.15, 0.2) is 0 Å². The lowest BCUT2D eigenvalue weighted by Crippen LogP contribution is -2.14. The molecule has 2 unspecified atom stereocenters. The van der Waals surface area contributed by atoms with Crippen LogP contribution in [-0.4, -0.2) is 5.91 Å². The highest BCUT2D eigenvalue weighted by Crippen LogP contribution is 2.47. The smallest absolute Gasteiger partial charge is 0.228 e. The van der Waals surface area contributed by atoms with Gasteiger partial charge in [0.05, 0.1) is 0 Å². The second-order valence-electron chi connectivity index (χ2n) is 5.01. The second-order valence-corrected chi connectivity index (χ2v) is 5.88. The van der Waals surface area contributed by atoms with Crippen LogP contribution in [0.25, 0.3) is 0 Å². The molecular formula is C16H13Cl2NO. The molecule has 20 heavy (non-hydrogen) atoms. The quantitative estimate of drug-likeness (QED) is 0.872.